The first-order valence-electron chi connectivity index (χ1n) is 5.31. The van der Waals surface area contributed by atoms with E-state index < -0.39 is 18.6 Å². The summed E-state index contributed by atoms with van der Waals surface area (Å²) in [7, 11) is 1.20. The minimum Gasteiger partial charge on any atom is -0.464 e. The number of unbranched alkanes of at least 4 members (excludes halogenated alkanes) is 1. The first-order chi connectivity index (χ1) is 8.35. The van der Waals surface area contributed by atoms with Gasteiger partial charge in [0, 0.05) is 13.0 Å². The van der Waals surface area contributed by atoms with Crippen molar-refractivity contribution in [1.82, 2.24) is 9.55 Å². The Labute approximate surface area is 102 Å². The maximum Gasteiger partial charge on any atom is 0.389 e. The van der Waals surface area contributed by atoms with Crippen LogP contribution in [0, 0.1) is 0 Å². The van der Waals surface area contributed by atoms with Crippen LogP contribution in [0.1, 0.15) is 29.8 Å². The van der Waals surface area contributed by atoms with Crippen molar-refractivity contribution in [3.63, 3.8) is 0 Å². The molecule has 1 rings (SSSR count). The summed E-state index contributed by atoms with van der Waals surface area (Å²) >= 11 is 0. The number of rotatable bonds is 5. The molecule has 1 aromatic rings. The van der Waals surface area contributed by atoms with Crippen LogP contribution in [0.15, 0.2) is 6.33 Å². The number of nitrogens with zero attached hydrogens (tertiary/aromatic N) is 2. The molecule has 0 aromatic carbocycles. The molecule has 0 radical (unpaired) electrons. The Morgan fingerprint density at radius 2 is 2.17 bits per heavy atom. The van der Waals surface area contributed by atoms with Crippen molar-refractivity contribution in [1.29, 1.82) is 0 Å². The smallest absolute Gasteiger partial charge is 0.389 e. The maximum atomic E-state index is 11.9. The molecule has 8 heteroatoms. The van der Waals surface area contributed by atoms with Crippen LogP contribution in [0.5, 0.6) is 0 Å². The van der Waals surface area contributed by atoms with E-state index in [2.05, 4.69) is 9.72 Å². The number of nitrogens with two attached hydrogens (primary N) is 1. The van der Waals surface area contributed by atoms with E-state index in [1.54, 1.807) is 0 Å². The number of esters is 1. The molecule has 0 unspecified atom stereocenters. The van der Waals surface area contributed by atoms with Crippen LogP contribution in [0.4, 0.5) is 19.0 Å². The molecule has 0 fully saturated rings. The molecule has 5 nitrogen and oxygen atoms in total. The summed E-state index contributed by atoms with van der Waals surface area (Å²) in [5.41, 5.74) is 5.61. The average Bonchev–Trinajstić information content (AvgIpc) is 2.64. The topological polar surface area (TPSA) is 70.1 Å². The zero-order chi connectivity index (χ0) is 13.8. The summed E-state index contributed by atoms with van der Waals surface area (Å²) in [5.74, 6) is -0.560. The Morgan fingerprint density at radius 3 is 2.72 bits per heavy atom. The predicted octanol–water partition coefficient (Wildman–Crippen LogP) is 1.98. The van der Waals surface area contributed by atoms with E-state index in [4.69, 9.17) is 5.73 Å². The summed E-state index contributed by atoms with van der Waals surface area (Å²) in [6, 6.07) is 0. The summed E-state index contributed by atoms with van der Waals surface area (Å²) in [6.07, 6.45) is -3.34. The van der Waals surface area contributed by atoms with Crippen molar-refractivity contribution in [2.45, 2.75) is 32.0 Å². The summed E-state index contributed by atoms with van der Waals surface area (Å²) in [6.45, 7) is 0.284. The van der Waals surface area contributed by atoms with Gasteiger partial charge in [0.25, 0.3) is 0 Å². The van der Waals surface area contributed by atoms with Crippen LogP contribution >= 0.6 is 0 Å². The first-order valence-corrected chi connectivity index (χ1v) is 5.31. The molecule has 0 amide bonds. The Balaban J connectivity index is 2.49. The molecule has 102 valence electrons. The van der Waals surface area contributed by atoms with Gasteiger partial charge in [-0.15, -0.1) is 0 Å². The van der Waals surface area contributed by atoms with E-state index in [1.165, 1.54) is 18.0 Å². The first kappa shape index (κ1) is 14.3. The number of hydrogen-bond acceptors (Lipinski definition) is 4. The lowest BCUT2D eigenvalue weighted by Gasteiger charge is -2.07. The van der Waals surface area contributed by atoms with E-state index in [0.717, 1.165) is 0 Å². The number of methoxy groups -OCH3 is 1. The zero-order valence-corrected chi connectivity index (χ0v) is 9.83. The third-order valence-electron chi connectivity index (χ3n) is 2.37. The van der Waals surface area contributed by atoms with Gasteiger partial charge in [-0.1, -0.05) is 0 Å². The lowest BCUT2D eigenvalue weighted by molar-refractivity contribution is -0.135. The van der Waals surface area contributed by atoms with Crippen molar-refractivity contribution >= 4 is 11.8 Å². The number of imidazole rings is 1. The molecule has 1 heterocycles. The number of nitrogen functional groups attached to an aromatic ring is 1. The highest BCUT2D eigenvalue weighted by molar-refractivity contribution is 5.91. The molecule has 0 aliphatic carbocycles. The van der Waals surface area contributed by atoms with Crippen LogP contribution in [0.25, 0.3) is 0 Å². The molecule has 0 aliphatic heterocycles. The molecule has 0 atom stereocenters. The fraction of sp³-hybridized carbons (Fsp3) is 0.600. The Morgan fingerprint density at radius 1 is 1.50 bits per heavy atom. The van der Waals surface area contributed by atoms with Crippen molar-refractivity contribution in [2.75, 3.05) is 12.8 Å². The van der Waals surface area contributed by atoms with E-state index in [1.807, 2.05) is 0 Å². The molecule has 2 N–H and O–H groups in total. The standard InChI is InChI=1S/C10H14F3N3O2/c1-18-9(17)7-8(14)16(6-15-7)5-3-2-4-10(11,12)13/h6H,2-5,14H2,1H3. The van der Waals surface area contributed by atoms with Gasteiger partial charge in [-0.25, -0.2) is 9.78 Å². The number of carbonyl (C=O) groups is 1. The van der Waals surface area contributed by atoms with Gasteiger partial charge in [-0.05, 0) is 12.8 Å². The quantitative estimate of drug-likeness (QED) is 0.652. The number of anilines is 1. The number of aryl methyl sites for hydroxylation is 1. The van der Waals surface area contributed by atoms with Crippen LogP contribution in [-0.4, -0.2) is 28.8 Å². The van der Waals surface area contributed by atoms with Gasteiger partial charge in [0.05, 0.1) is 13.4 Å². The number of hydrogen-bond donors (Lipinski definition) is 1. The third-order valence-corrected chi connectivity index (χ3v) is 2.37. The Bertz CT molecular complexity index is 415. The van der Waals surface area contributed by atoms with Gasteiger partial charge in [0.2, 0.25) is 0 Å². The largest absolute Gasteiger partial charge is 0.464 e. The highest BCUT2D eigenvalue weighted by atomic mass is 19.4. The van der Waals surface area contributed by atoms with Gasteiger partial charge in [-0.3, -0.25) is 0 Å². The van der Waals surface area contributed by atoms with Crippen LogP contribution in [0.3, 0.4) is 0 Å². The van der Waals surface area contributed by atoms with Gasteiger partial charge < -0.3 is 15.0 Å². The van der Waals surface area contributed by atoms with E-state index >= 15 is 0 Å². The normalized spacial score (nSPS) is 11.6. The molecule has 0 saturated heterocycles. The lowest BCUT2D eigenvalue weighted by Crippen LogP contribution is -2.10. The minimum absolute atomic E-state index is 0.00861. The number of carbonyl (C=O) groups excluding carboxylic acids is 1. The van der Waals surface area contributed by atoms with Crippen molar-refractivity contribution in [3.05, 3.63) is 12.0 Å². The molecule has 0 spiro atoms. The van der Waals surface area contributed by atoms with Gasteiger partial charge in [-0.2, -0.15) is 13.2 Å². The molecule has 0 bridgehead atoms. The summed E-state index contributed by atoms with van der Waals surface area (Å²) < 4.78 is 41.6. The van der Waals surface area contributed by atoms with Crippen LogP contribution in [0.2, 0.25) is 0 Å². The fourth-order valence-corrected chi connectivity index (χ4v) is 1.43. The second kappa shape index (κ2) is 5.74. The van der Waals surface area contributed by atoms with Crippen molar-refractivity contribution in [3.8, 4) is 0 Å². The SMILES string of the molecule is COC(=O)c1ncn(CCCCC(F)(F)F)c1N. The number of aromatic nitrogens is 2. The van der Waals surface area contributed by atoms with Crippen LogP contribution in [-0.2, 0) is 11.3 Å². The van der Waals surface area contributed by atoms with E-state index in [-0.39, 0.29) is 24.5 Å². The number of ether oxygens (including phenoxy) is 1. The van der Waals surface area contributed by atoms with Gasteiger partial charge in [0.1, 0.15) is 5.82 Å². The summed E-state index contributed by atoms with van der Waals surface area (Å²) in [4.78, 5) is 14.9. The maximum absolute atomic E-state index is 11.9. The van der Waals surface area contributed by atoms with Gasteiger partial charge in [0.15, 0.2) is 5.69 Å². The minimum atomic E-state index is -4.14. The lowest BCUT2D eigenvalue weighted by atomic mass is 10.2. The molecule has 18 heavy (non-hydrogen) atoms. The van der Waals surface area contributed by atoms with E-state index in [0.29, 0.717) is 6.42 Å². The van der Waals surface area contributed by atoms with Crippen molar-refractivity contribution in [2.24, 2.45) is 0 Å². The molecular formula is C10H14F3N3O2. The predicted molar refractivity (Wildman–Crippen MR) is 57.9 cm³/mol. The molecule has 0 saturated carbocycles. The second-order valence-corrected chi connectivity index (χ2v) is 3.74. The fourth-order valence-electron chi connectivity index (χ4n) is 1.43. The Hall–Kier alpha value is -1.73. The number of halogens is 3. The van der Waals surface area contributed by atoms with Crippen LogP contribution < -0.4 is 5.73 Å². The molecular weight excluding hydrogens is 251 g/mol. The van der Waals surface area contributed by atoms with Crippen molar-refractivity contribution < 1.29 is 22.7 Å². The molecule has 1 aromatic heterocycles. The second-order valence-electron chi connectivity index (χ2n) is 3.74. The highest BCUT2D eigenvalue weighted by Crippen LogP contribution is 2.22. The monoisotopic (exact) mass is 265 g/mol. The number of alkyl halides is 3. The third kappa shape index (κ3) is 3.94. The summed E-state index contributed by atoms with van der Waals surface area (Å²) in [5, 5.41) is 0. The van der Waals surface area contributed by atoms with E-state index in [9.17, 15) is 18.0 Å². The highest BCUT2D eigenvalue weighted by Gasteiger charge is 2.26. The average molecular weight is 265 g/mol. The van der Waals surface area contributed by atoms with Gasteiger partial charge >= 0.3 is 12.1 Å². The Kier molecular flexibility index (Phi) is 4.57. The zero-order valence-electron chi connectivity index (χ0n) is 9.83. The molecule has 0 aliphatic rings.